The Balaban J connectivity index is 4.06. The summed E-state index contributed by atoms with van der Waals surface area (Å²) in [5.41, 5.74) is 10.7. The minimum absolute atomic E-state index is 0.0349. The van der Waals surface area contributed by atoms with Gasteiger partial charge in [0.2, 0.25) is 5.91 Å². The second-order valence-corrected chi connectivity index (χ2v) is 3.18. The first-order valence-electron chi connectivity index (χ1n) is 4.87. The van der Waals surface area contributed by atoms with Gasteiger partial charge in [0.25, 0.3) is 0 Å². The zero-order valence-corrected chi connectivity index (χ0v) is 9.03. The molecule has 0 aromatic heterocycles. The summed E-state index contributed by atoms with van der Waals surface area (Å²) in [6, 6.07) is 0.0349. The number of methoxy groups -OCH3 is 1. The summed E-state index contributed by atoms with van der Waals surface area (Å²) < 4.78 is 4.98. The van der Waals surface area contributed by atoms with Crippen LogP contribution in [0.25, 0.3) is 0 Å². The number of ether oxygens (including phenoxy) is 1. The van der Waals surface area contributed by atoms with E-state index in [1.54, 1.807) is 7.11 Å². The summed E-state index contributed by atoms with van der Waals surface area (Å²) >= 11 is 0. The number of amides is 1. The molecule has 0 saturated carbocycles. The minimum Gasteiger partial charge on any atom is -0.383 e. The Bertz CT molecular complexity index is 164. The van der Waals surface area contributed by atoms with Gasteiger partial charge in [-0.1, -0.05) is 6.92 Å². The Labute approximate surface area is 85.4 Å². The maximum atomic E-state index is 10.8. The summed E-state index contributed by atoms with van der Waals surface area (Å²) in [6.45, 7) is 4.74. The van der Waals surface area contributed by atoms with E-state index in [1.807, 2.05) is 6.92 Å². The molecule has 4 N–H and O–H groups in total. The Morgan fingerprint density at radius 3 is 2.57 bits per heavy atom. The van der Waals surface area contributed by atoms with E-state index >= 15 is 0 Å². The van der Waals surface area contributed by atoms with Crippen LogP contribution in [0.5, 0.6) is 0 Å². The van der Waals surface area contributed by atoms with Gasteiger partial charge in [-0.05, 0) is 6.54 Å². The van der Waals surface area contributed by atoms with Crippen LogP contribution in [0.4, 0.5) is 0 Å². The molecular weight excluding hydrogens is 182 g/mol. The van der Waals surface area contributed by atoms with Gasteiger partial charge >= 0.3 is 0 Å². The lowest BCUT2D eigenvalue weighted by atomic mass is 10.1. The van der Waals surface area contributed by atoms with Crippen LogP contribution in [0.3, 0.4) is 0 Å². The van der Waals surface area contributed by atoms with Gasteiger partial charge < -0.3 is 16.2 Å². The quantitative estimate of drug-likeness (QED) is 0.539. The third kappa shape index (κ3) is 5.16. The van der Waals surface area contributed by atoms with Gasteiger partial charge in [0.15, 0.2) is 0 Å². The predicted molar refractivity (Wildman–Crippen MR) is 55.8 cm³/mol. The first-order chi connectivity index (χ1) is 6.65. The van der Waals surface area contributed by atoms with Crippen molar-refractivity contribution in [2.24, 2.45) is 11.5 Å². The summed E-state index contributed by atoms with van der Waals surface area (Å²) in [5.74, 6) is -0.309. The van der Waals surface area contributed by atoms with Gasteiger partial charge in [-0.15, -0.1) is 0 Å². The monoisotopic (exact) mass is 203 g/mol. The highest BCUT2D eigenvalue weighted by molar-refractivity contribution is 5.74. The van der Waals surface area contributed by atoms with Crippen molar-refractivity contribution in [3.8, 4) is 0 Å². The van der Waals surface area contributed by atoms with Crippen molar-refractivity contribution >= 4 is 5.91 Å². The third-order valence-electron chi connectivity index (χ3n) is 2.21. The lowest BCUT2D eigenvalue weighted by Gasteiger charge is -2.28. The first-order valence-corrected chi connectivity index (χ1v) is 4.87. The van der Waals surface area contributed by atoms with Crippen molar-refractivity contribution in [3.63, 3.8) is 0 Å². The molecule has 5 heteroatoms. The van der Waals surface area contributed by atoms with Crippen LogP contribution in [0, 0.1) is 0 Å². The minimum atomic E-state index is -0.309. The molecule has 0 aromatic carbocycles. The number of hydrogen-bond acceptors (Lipinski definition) is 4. The molecule has 0 spiro atoms. The Morgan fingerprint density at radius 1 is 1.57 bits per heavy atom. The molecule has 0 saturated heterocycles. The lowest BCUT2D eigenvalue weighted by molar-refractivity contribution is -0.119. The lowest BCUT2D eigenvalue weighted by Crippen LogP contribution is -2.44. The Morgan fingerprint density at radius 2 is 2.21 bits per heavy atom. The van der Waals surface area contributed by atoms with Gasteiger partial charge in [0.1, 0.15) is 0 Å². The molecule has 5 nitrogen and oxygen atoms in total. The van der Waals surface area contributed by atoms with Crippen LogP contribution in [0.2, 0.25) is 0 Å². The largest absolute Gasteiger partial charge is 0.383 e. The fraction of sp³-hybridized carbons (Fsp3) is 0.889. The van der Waals surface area contributed by atoms with E-state index in [9.17, 15) is 4.79 Å². The number of carbonyl (C=O) groups is 1. The van der Waals surface area contributed by atoms with Crippen molar-refractivity contribution in [1.29, 1.82) is 0 Å². The first kappa shape index (κ1) is 13.4. The van der Waals surface area contributed by atoms with Crippen LogP contribution >= 0.6 is 0 Å². The molecular formula is C9H21N3O2. The molecule has 0 aromatic rings. The molecule has 1 amide bonds. The Kier molecular flexibility index (Phi) is 7.37. The van der Waals surface area contributed by atoms with Crippen LogP contribution in [-0.4, -0.2) is 50.2 Å². The van der Waals surface area contributed by atoms with Crippen molar-refractivity contribution in [3.05, 3.63) is 0 Å². The van der Waals surface area contributed by atoms with Gasteiger partial charge in [0, 0.05) is 32.7 Å². The average Bonchev–Trinajstić information content (AvgIpc) is 2.16. The number of hydrogen-bond donors (Lipinski definition) is 2. The number of nitrogens with zero attached hydrogens (tertiary/aromatic N) is 1. The zero-order chi connectivity index (χ0) is 11.0. The standard InChI is InChI=1S/C9H21N3O2/c1-3-12(4-5-14-2)8(7-10)6-9(11)13/h8H,3-7,10H2,1-2H3,(H2,11,13). The Hall–Kier alpha value is -0.650. The molecule has 14 heavy (non-hydrogen) atoms. The number of carbonyl (C=O) groups excluding carboxylic acids is 1. The number of rotatable bonds is 8. The van der Waals surface area contributed by atoms with Crippen LogP contribution in [-0.2, 0) is 9.53 Å². The molecule has 1 unspecified atom stereocenters. The van der Waals surface area contributed by atoms with Crippen LogP contribution in [0.15, 0.2) is 0 Å². The molecule has 0 aliphatic carbocycles. The molecule has 0 aliphatic heterocycles. The van der Waals surface area contributed by atoms with E-state index in [2.05, 4.69) is 4.90 Å². The second-order valence-electron chi connectivity index (χ2n) is 3.18. The van der Waals surface area contributed by atoms with E-state index in [4.69, 9.17) is 16.2 Å². The van der Waals surface area contributed by atoms with Crippen molar-refractivity contribution in [2.75, 3.05) is 33.4 Å². The van der Waals surface area contributed by atoms with E-state index in [0.717, 1.165) is 13.1 Å². The maximum absolute atomic E-state index is 10.8. The SMILES string of the molecule is CCN(CCOC)C(CN)CC(N)=O. The molecule has 0 radical (unpaired) electrons. The number of likely N-dealkylation sites (N-methyl/N-ethyl adjacent to an activating group) is 1. The highest BCUT2D eigenvalue weighted by atomic mass is 16.5. The van der Waals surface area contributed by atoms with Gasteiger partial charge in [-0.25, -0.2) is 0 Å². The highest BCUT2D eigenvalue weighted by Crippen LogP contribution is 2.02. The van der Waals surface area contributed by atoms with E-state index in [0.29, 0.717) is 19.6 Å². The zero-order valence-electron chi connectivity index (χ0n) is 9.03. The van der Waals surface area contributed by atoms with E-state index < -0.39 is 0 Å². The van der Waals surface area contributed by atoms with Crippen LogP contribution in [0.1, 0.15) is 13.3 Å². The maximum Gasteiger partial charge on any atom is 0.219 e. The fourth-order valence-electron chi connectivity index (χ4n) is 1.40. The third-order valence-corrected chi connectivity index (χ3v) is 2.21. The smallest absolute Gasteiger partial charge is 0.219 e. The number of primary amides is 1. The topological polar surface area (TPSA) is 81.6 Å². The molecule has 0 rings (SSSR count). The molecule has 0 bridgehead atoms. The van der Waals surface area contributed by atoms with Gasteiger partial charge in [-0.2, -0.15) is 0 Å². The molecule has 0 fully saturated rings. The van der Waals surface area contributed by atoms with Gasteiger partial charge in [0.05, 0.1) is 6.61 Å². The summed E-state index contributed by atoms with van der Waals surface area (Å²) in [5, 5.41) is 0. The molecule has 0 aliphatic rings. The number of nitrogens with two attached hydrogens (primary N) is 2. The van der Waals surface area contributed by atoms with Crippen molar-refractivity contribution in [2.45, 2.75) is 19.4 Å². The van der Waals surface area contributed by atoms with Crippen molar-refractivity contribution < 1.29 is 9.53 Å². The van der Waals surface area contributed by atoms with Crippen molar-refractivity contribution in [1.82, 2.24) is 4.90 Å². The van der Waals surface area contributed by atoms with E-state index in [-0.39, 0.29) is 11.9 Å². The molecule has 0 heterocycles. The summed E-state index contributed by atoms with van der Waals surface area (Å²) in [6.07, 6.45) is 0.314. The normalized spacial score (nSPS) is 13.1. The van der Waals surface area contributed by atoms with Gasteiger partial charge in [-0.3, -0.25) is 9.69 Å². The summed E-state index contributed by atoms with van der Waals surface area (Å²) in [4.78, 5) is 12.9. The van der Waals surface area contributed by atoms with E-state index in [1.165, 1.54) is 0 Å². The second kappa shape index (κ2) is 7.73. The van der Waals surface area contributed by atoms with Crippen LogP contribution < -0.4 is 11.5 Å². The highest BCUT2D eigenvalue weighted by Gasteiger charge is 2.17. The predicted octanol–water partition coefficient (Wildman–Crippen LogP) is -0.843. The summed E-state index contributed by atoms with van der Waals surface area (Å²) in [7, 11) is 1.65. The average molecular weight is 203 g/mol. The molecule has 1 atom stereocenters. The fourth-order valence-corrected chi connectivity index (χ4v) is 1.40. The molecule has 84 valence electrons.